The van der Waals surface area contributed by atoms with Crippen molar-refractivity contribution in [3.8, 4) is 0 Å². The zero-order chi connectivity index (χ0) is 15.1. The number of nitrogens with zero attached hydrogens (tertiary/aromatic N) is 2. The van der Waals surface area contributed by atoms with E-state index in [0.717, 1.165) is 12.1 Å². The van der Waals surface area contributed by atoms with Crippen LogP contribution >= 0.6 is 11.6 Å². The average molecular weight is 309 g/mol. The van der Waals surface area contributed by atoms with E-state index in [1.54, 1.807) is 0 Å². The summed E-state index contributed by atoms with van der Waals surface area (Å²) >= 11 is 5.91. The van der Waals surface area contributed by atoms with Gasteiger partial charge in [-0.1, -0.05) is 11.6 Å². The molecule has 0 bridgehead atoms. The van der Waals surface area contributed by atoms with Crippen LogP contribution in [0.2, 0.25) is 5.15 Å². The van der Waals surface area contributed by atoms with Gasteiger partial charge in [0.2, 0.25) is 5.78 Å². The summed E-state index contributed by atoms with van der Waals surface area (Å²) in [5.41, 5.74) is 4.58. The fourth-order valence-corrected chi connectivity index (χ4v) is 2.25. The molecule has 0 aliphatic heterocycles. The monoisotopic (exact) mass is 308 g/mol. The highest BCUT2D eigenvalue weighted by molar-refractivity contribution is 6.36. The predicted octanol–water partition coefficient (Wildman–Crippen LogP) is 2.70. The summed E-state index contributed by atoms with van der Waals surface area (Å²) < 4.78 is 27.7. The molecule has 2 aromatic heterocycles. The number of halogens is 3. The molecule has 21 heavy (non-hydrogen) atoms. The van der Waals surface area contributed by atoms with E-state index in [4.69, 9.17) is 17.3 Å². The lowest BCUT2D eigenvalue weighted by Crippen LogP contribution is -2.09. The minimum Gasteiger partial charge on any atom is -0.396 e. The average Bonchev–Trinajstić information content (AvgIpc) is 2.88. The second kappa shape index (κ2) is 4.78. The Morgan fingerprint density at radius 1 is 1.29 bits per heavy atom. The van der Waals surface area contributed by atoms with Gasteiger partial charge < -0.3 is 10.7 Å². The van der Waals surface area contributed by atoms with Gasteiger partial charge in [0, 0.05) is 6.20 Å². The van der Waals surface area contributed by atoms with Crippen LogP contribution in [0.4, 0.5) is 14.5 Å². The lowest BCUT2D eigenvalue weighted by atomic mass is 10.0. The van der Waals surface area contributed by atoms with Crippen molar-refractivity contribution in [2.24, 2.45) is 0 Å². The molecular formula is C13H7ClF2N4O. The highest BCUT2D eigenvalue weighted by Crippen LogP contribution is 2.28. The van der Waals surface area contributed by atoms with Crippen LogP contribution in [0, 0.1) is 11.6 Å². The van der Waals surface area contributed by atoms with Gasteiger partial charge in [0.05, 0.1) is 22.2 Å². The molecule has 0 saturated carbocycles. The summed E-state index contributed by atoms with van der Waals surface area (Å²) in [5, 5.41) is 0.208. The zero-order valence-electron chi connectivity index (χ0n) is 10.3. The SMILES string of the molecule is Nc1ccc(F)c(C(=O)c2c[nH]c3ncnc(Cl)c23)c1F. The molecule has 0 atom stereocenters. The molecular weight excluding hydrogens is 302 g/mol. The van der Waals surface area contributed by atoms with Crippen molar-refractivity contribution in [2.75, 3.05) is 5.73 Å². The molecule has 8 heteroatoms. The maximum atomic E-state index is 13.9. The molecule has 0 aliphatic rings. The van der Waals surface area contributed by atoms with Crippen LogP contribution in [0.5, 0.6) is 0 Å². The van der Waals surface area contributed by atoms with E-state index >= 15 is 0 Å². The Bertz CT molecular complexity index is 878. The van der Waals surface area contributed by atoms with Gasteiger partial charge >= 0.3 is 0 Å². The first-order chi connectivity index (χ1) is 10.0. The number of rotatable bonds is 2. The van der Waals surface area contributed by atoms with Gasteiger partial charge in [-0.25, -0.2) is 18.7 Å². The molecule has 0 unspecified atom stereocenters. The van der Waals surface area contributed by atoms with Crippen LogP contribution in [-0.4, -0.2) is 20.7 Å². The number of fused-ring (bicyclic) bond motifs is 1. The predicted molar refractivity (Wildman–Crippen MR) is 73.1 cm³/mol. The summed E-state index contributed by atoms with van der Waals surface area (Å²) in [4.78, 5) is 22.7. The minimum absolute atomic E-state index is 0.00863. The van der Waals surface area contributed by atoms with Crippen LogP contribution in [-0.2, 0) is 0 Å². The second-order valence-corrected chi connectivity index (χ2v) is 4.60. The second-order valence-electron chi connectivity index (χ2n) is 4.25. The van der Waals surface area contributed by atoms with Crippen molar-refractivity contribution in [3.05, 3.63) is 52.6 Å². The number of nitrogens with two attached hydrogens (primary N) is 1. The number of hydrogen-bond acceptors (Lipinski definition) is 4. The molecule has 0 radical (unpaired) electrons. The molecule has 5 nitrogen and oxygen atoms in total. The fraction of sp³-hybridized carbons (Fsp3) is 0. The van der Waals surface area contributed by atoms with Crippen molar-refractivity contribution in [2.45, 2.75) is 0 Å². The summed E-state index contributed by atoms with van der Waals surface area (Å²) in [6.07, 6.45) is 2.48. The van der Waals surface area contributed by atoms with Crippen molar-refractivity contribution in [3.63, 3.8) is 0 Å². The number of carbonyl (C=O) groups excluding carboxylic acids is 1. The first kappa shape index (κ1) is 13.4. The third-order valence-corrected chi connectivity index (χ3v) is 3.30. The number of nitrogen functional groups attached to an aromatic ring is 1. The Hall–Kier alpha value is -2.54. The highest BCUT2D eigenvalue weighted by Gasteiger charge is 2.24. The Balaban J connectivity index is 2.25. The smallest absolute Gasteiger partial charge is 0.201 e. The number of ketones is 1. The third-order valence-electron chi connectivity index (χ3n) is 3.02. The van der Waals surface area contributed by atoms with E-state index in [-0.39, 0.29) is 21.8 Å². The zero-order valence-corrected chi connectivity index (χ0v) is 11.1. The van der Waals surface area contributed by atoms with E-state index in [2.05, 4.69) is 15.0 Å². The van der Waals surface area contributed by atoms with Crippen LogP contribution in [0.3, 0.4) is 0 Å². The lowest BCUT2D eigenvalue weighted by Gasteiger charge is -2.05. The van der Waals surface area contributed by atoms with Gasteiger partial charge in [-0.05, 0) is 12.1 Å². The third kappa shape index (κ3) is 2.02. The summed E-state index contributed by atoms with van der Waals surface area (Å²) in [5.74, 6) is -3.00. The lowest BCUT2D eigenvalue weighted by molar-refractivity contribution is 0.103. The van der Waals surface area contributed by atoms with E-state index < -0.39 is 23.0 Å². The molecule has 0 amide bonds. The Morgan fingerprint density at radius 2 is 2.05 bits per heavy atom. The number of H-pyrrole nitrogens is 1. The summed E-state index contributed by atoms with van der Waals surface area (Å²) in [6.45, 7) is 0. The molecule has 106 valence electrons. The molecule has 3 rings (SSSR count). The summed E-state index contributed by atoms with van der Waals surface area (Å²) in [7, 11) is 0. The first-order valence-electron chi connectivity index (χ1n) is 5.76. The molecule has 0 fully saturated rings. The molecule has 0 aliphatic carbocycles. The van der Waals surface area contributed by atoms with Crippen molar-refractivity contribution in [1.29, 1.82) is 0 Å². The Labute approximate surface area is 121 Å². The van der Waals surface area contributed by atoms with E-state index in [9.17, 15) is 13.6 Å². The number of hydrogen-bond donors (Lipinski definition) is 2. The number of carbonyl (C=O) groups is 1. The molecule has 3 aromatic rings. The summed E-state index contributed by atoms with van der Waals surface area (Å²) in [6, 6.07) is 1.98. The normalized spacial score (nSPS) is 11.0. The van der Waals surface area contributed by atoms with Gasteiger partial charge in [-0.2, -0.15) is 0 Å². The van der Waals surface area contributed by atoms with Gasteiger partial charge in [-0.3, -0.25) is 4.79 Å². The number of aromatic nitrogens is 3. The van der Waals surface area contributed by atoms with Gasteiger partial charge in [-0.15, -0.1) is 0 Å². The topological polar surface area (TPSA) is 84.7 Å². The Kier molecular flexibility index (Phi) is 3.06. The number of benzene rings is 1. The van der Waals surface area contributed by atoms with Crippen LogP contribution < -0.4 is 5.73 Å². The van der Waals surface area contributed by atoms with Gasteiger partial charge in [0.1, 0.15) is 22.9 Å². The molecule has 0 saturated heterocycles. The fourth-order valence-electron chi connectivity index (χ4n) is 2.02. The number of anilines is 1. The molecule has 2 heterocycles. The maximum Gasteiger partial charge on any atom is 0.201 e. The standard InChI is InChI=1S/C13H7ClF2N4O/c14-12-8-5(3-18-13(8)20-4-19-12)11(21)9-6(15)1-2-7(17)10(9)16/h1-4H,17H2,(H,18,19,20). The quantitative estimate of drug-likeness (QED) is 0.433. The van der Waals surface area contributed by atoms with E-state index in [1.807, 2.05) is 0 Å². The molecule has 0 spiro atoms. The van der Waals surface area contributed by atoms with E-state index in [0.29, 0.717) is 5.65 Å². The van der Waals surface area contributed by atoms with E-state index in [1.165, 1.54) is 12.5 Å². The maximum absolute atomic E-state index is 13.9. The highest BCUT2D eigenvalue weighted by atomic mass is 35.5. The molecule has 1 aromatic carbocycles. The van der Waals surface area contributed by atoms with Crippen molar-refractivity contribution >= 4 is 34.1 Å². The number of aromatic amines is 1. The first-order valence-corrected chi connectivity index (χ1v) is 6.14. The minimum atomic E-state index is -1.11. The van der Waals surface area contributed by atoms with Crippen LogP contribution in [0.1, 0.15) is 15.9 Å². The Morgan fingerprint density at radius 3 is 2.81 bits per heavy atom. The largest absolute Gasteiger partial charge is 0.396 e. The van der Waals surface area contributed by atoms with Gasteiger partial charge in [0.15, 0.2) is 5.82 Å². The van der Waals surface area contributed by atoms with Crippen LogP contribution in [0.15, 0.2) is 24.7 Å². The number of nitrogens with one attached hydrogen (secondary N) is 1. The van der Waals surface area contributed by atoms with Crippen molar-refractivity contribution < 1.29 is 13.6 Å². The molecule has 3 N–H and O–H groups in total. The van der Waals surface area contributed by atoms with Crippen LogP contribution in [0.25, 0.3) is 11.0 Å². The van der Waals surface area contributed by atoms with Crippen molar-refractivity contribution in [1.82, 2.24) is 15.0 Å². The van der Waals surface area contributed by atoms with Gasteiger partial charge in [0.25, 0.3) is 0 Å².